The molecular formula is C13H15FN4O. The Morgan fingerprint density at radius 1 is 1.47 bits per heavy atom. The van der Waals surface area contributed by atoms with Gasteiger partial charge < -0.3 is 5.32 Å². The summed E-state index contributed by atoms with van der Waals surface area (Å²) in [6.45, 7) is 2.07. The molecule has 5 nitrogen and oxygen atoms in total. The maximum absolute atomic E-state index is 13.1. The van der Waals surface area contributed by atoms with Gasteiger partial charge in [-0.1, -0.05) is 0 Å². The van der Waals surface area contributed by atoms with E-state index in [-0.39, 0.29) is 11.7 Å². The predicted octanol–water partition coefficient (Wildman–Crippen LogP) is 1.24. The molecule has 0 saturated heterocycles. The van der Waals surface area contributed by atoms with Gasteiger partial charge >= 0.3 is 0 Å². The van der Waals surface area contributed by atoms with Gasteiger partial charge in [-0.3, -0.25) is 9.48 Å². The van der Waals surface area contributed by atoms with Crippen LogP contribution < -0.4 is 5.32 Å². The molecule has 1 aromatic carbocycles. The molecule has 0 atom stereocenters. The lowest BCUT2D eigenvalue weighted by Crippen LogP contribution is -2.26. The van der Waals surface area contributed by atoms with Crippen LogP contribution in [0.3, 0.4) is 0 Å². The Balaban J connectivity index is 1.89. The van der Waals surface area contributed by atoms with Gasteiger partial charge in [0, 0.05) is 25.6 Å². The summed E-state index contributed by atoms with van der Waals surface area (Å²) in [5.41, 5.74) is 0.909. The second kappa shape index (κ2) is 5.60. The first-order valence-corrected chi connectivity index (χ1v) is 5.95. The van der Waals surface area contributed by atoms with Crippen molar-refractivity contribution < 1.29 is 9.18 Å². The molecule has 0 radical (unpaired) electrons. The zero-order valence-corrected chi connectivity index (χ0v) is 10.9. The SMILES string of the molecule is Cc1cc(C(=O)NCCc2ncn(C)n2)ccc1F. The van der Waals surface area contributed by atoms with E-state index < -0.39 is 0 Å². The molecule has 0 spiro atoms. The fraction of sp³-hybridized carbons (Fsp3) is 0.308. The summed E-state index contributed by atoms with van der Waals surface area (Å²) in [7, 11) is 1.79. The highest BCUT2D eigenvalue weighted by atomic mass is 19.1. The molecule has 0 aliphatic carbocycles. The molecule has 0 aliphatic rings. The largest absolute Gasteiger partial charge is 0.352 e. The van der Waals surface area contributed by atoms with Crippen molar-refractivity contribution in [1.82, 2.24) is 20.1 Å². The molecule has 0 saturated carbocycles. The Kier molecular flexibility index (Phi) is 3.89. The van der Waals surface area contributed by atoms with E-state index >= 15 is 0 Å². The number of hydrogen-bond donors (Lipinski definition) is 1. The number of halogens is 1. The summed E-state index contributed by atoms with van der Waals surface area (Å²) in [4.78, 5) is 15.9. The van der Waals surface area contributed by atoms with Crippen molar-refractivity contribution in [1.29, 1.82) is 0 Å². The Hall–Kier alpha value is -2.24. The average Bonchev–Trinajstić information content (AvgIpc) is 2.78. The first-order valence-electron chi connectivity index (χ1n) is 5.95. The van der Waals surface area contributed by atoms with Gasteiger partial charge in [-0.05, 0) is 30.7 Å². The van der Waals surface area contributed by atoms with Crippen LogP contribution in [0.5, 0.6) is 0 Å². The number of amides is 1. The van der Waals surface area contributed by atoms with E-state index in [0.717, 1.165) is 0 Å². The van der Waals surface area contributed by atoms with Gasteiger partial charge in [-0.25, -0.2) is 9.37 Å². The second-order valence-electron chi connectivity index (χ2n) is 4.30. The molecule has 1 aromatic heterocycles. The van der Waals surface area contributed by atoms with Crippen molar-refractivity contribution in [3.05, 3.63) is 47.3 Å². The maximum Gasteiger partial charge on any atom is 0.251 e. The molecule has 1 heterocycles. The average molecular weight is 262 g/mol. The molecule has 19 heavy (non-hydrogen) atoms. The third kappa shape index (κ3) is 3.37. The Morgan fingerprint density at radius 2 is 2.26 bits per heavy atom. The minimum absolute atomic E-state index is 0.223. The number of carbonyl (C=O) groups excluding carboxylic acids is 1. The normalized spacial score (nSPS) is 10.5. The highest BCUT2D eigenvalue weighted by Gasteiger charge is 2.07. The van der Waals surface area contributed by atoms with Gasteiger partial charge in [0.05, 0.1) is 0 Å². The summed E-state index contributed by atoms with van der Waals surface area (Å²) in [6, 6.07) is 4.30. The van der Waals surface area contributed by atoms with Crippen LogP contribution in [-0.4, -0.2) is 27.2 Å². The van der Waals surface area contributed by atoms with E-state index in [4.69, 9.17) is 0 Å². The predicted molar refractivity (Wildman–Crippen MR) is 68.2 cm³/mol. The summed E-state index contributed by atoms with van der Waals surface area (Å²) >= 11 is 0. The first-order chi connectivity index (χ1) is 9.06. The van der Waals surface area contributed by atoms with Gasteiger partial charge in [0.25, 0.3) is 5.91 Å². The van der Waals surface area contributed by atoms with E-state index in [2.05, 4.69) is 15.4 Å². The zero-order valence-electron chi connectivity index (χ0n) is 10.9. The van der Waals surface area contributed by atoms with Crippen molar-refractivity contribution in [3.8, 4) is 0 Å². The second-order valence-corrected chi connectivity index (χ2v) is 4.30. The van der Waals surface area contributed by atoms with Gasteiger partial charge in [-0.15, -0.1) is 0 Å². The Morgan fingerprint density at radius 3 is 2.89 bits per heavy atom. The number of aryl methyl sites for hydroxylation is 2. The summed E-state index contributed by atoms with van der Waals surface area (Å²) in [5.74, 6) is 0.145. The van der Waals surface area contributed by atoms with Gasteiger partial charge in [-0.2, -0.15) is 5.10 Å². The lowest BCUT2D eigenvalue weighted by Gasteiger charge is -2.05. The molecule has 1 amide bonds. The lowest BCUT2D eigenvalue weighted by atomic mass is 10.1. The molecule has 2 rings (SSSR count). The van der Waals surface area contributed by atoms with Crippen LogP contribution >= 0.6 is 0 Å². The number of rotatable bonds is 4. The molecule has 1 N–H and O–H groups in total. The van der Waals surface area contributed by atoms with E-state index in [0.29, 0.717) is 29.9 Å². The van der Waals surface area contributed by atoms with Crippen LogP contribution in [-0.2, 0) is 13.5 Å². The molecule has 0 aliphatic heterocycles. The van der Waals surface area contributed by atoms with Crippen LogP contribution in [0.15, 0.2) is 24.5 Å². The van der Waals surface area contributed by atoms with Crippen molar-refractivity contribution in [3.63, 3.8) is 0 Å². The molecule has 0 unspecified atom stereocenters. The van der Waals surface area contributed by atoms with Gasteiger partial charge in [0.2, 0.25) is 0 Å². The smallest absolute Gasteiger partial charge is 0.251 e. The summed E-state index contributed by atoms with van der Waals surface area (Å²) < 4.78 is 14.7. The van der Waals surface area contributed by atoms with Gasteiger partial charge in [0.15, 0.2) is 5.82 Å². The van der Waals surface area contributed by atoms with Crippen LogP contribution in [0.2, 0.25) is 0 Å². The third-order valence-corrected chi connectivity index (χ3v) is 2.70. The number of hydrogen-bond acceptors (Lipinski definition) is 3. The molecule has 0 bridgehead atoms. The van der Waals surface area contributed by atoms with Crippen molar-refractivity contribution in [2.75, 3.05) is 6.54 Å². The van der Waals surface area contributed by atoms with Gasteiger partial charge in [0.1, 0.15) is 12.1 Å². The summed E-state index contributed by atoms with van der Waals surface area (Å²) in [6.07, 6.45) is 2.17. The molecule has 2 aromatic rings. The molecule has 0 fully saturated rings. The standard InChI is InChI=1S/C13H15FN4O/c1-9-7-10(3-4-11(9)14)13(19)15-6-5-12-16-8-18(2)17-12/h3-4,7-8H,5-6H2,1-2H3,(H,15,19). The highest BCUT2D eigenvalue weighted by molar-refractivity contribution is 5.94. The van der Waals surface area contributed by atoms with Crippen molar-refractivity contribution in [2.45, 2.75) is 13.3 Å². The Labute approximate surface area is 110 Å². The van der Waals surface area contributed by atoms with Crippen LogP contribution in [0.25, 0.3) is 0 Å². The number of carbonyl (C=O) groups is 1. The number of aromatic nitrogens is 3. The quantitative estimate of drug-likeness (QED) is 0.901. The van der Waals surface area contributed by atoms with Crippen molar-refractivity contribution >= 4 is 5.91 Å². The van der Waals surface area contributed by atoms with Crippen LogP contribution in [0.1, 0.15) is 21.7 Å². The highest BCUT2D eigenvalue weighted by Crippen LogP contribution is 2.08. The molecule has 6 heteroatoms. The Bertz CT molecular complexity index is 594. The van der Waals surface area contributed by atoms with E-state index in [1.807, 2.05) is 0 Å². The minimum atomic E-state index is -0.311. The monoisotopic (exact) mass is 262 g/mol. The molecular weight excluding hydrogens is 247 g/mol. The number of benzene rings is 1. The maximum atomic E-state index is 13.1. The fourth-order valence-corrected chi connectivity index (χ4v) is 1.67. The van der Waals surface area contributed by atoms with Crippen molar-refractivity contribution in [2.24, 2.45) is 7.05 Å². The van der Waals surface area contributed by atoms with Crippen LogP contribution in [0, 0.1) is 12.7 Å². The first kappa shape index (κ1) is 13.2. The minimum Gasteiger partial charge on any atom is -0.352 e. The molecule has 100 valence electrons. The van der Waals surface area contributed by atoms with E-state index in [1.54, 1.807) is 25.0 Å². The van der Waals surface area contributed by atoms with Crippen LogP contribution in [0.4, 0.5) is 4.39 Å². The number of nitrogens with one attached hydrogen (secondary N) is 1. The zero-order chi connectivity index (χ0) is 13.8. The lowest BCUT2D eigenvalue weighted by molar-refractivity contribution is 0.0954. The topological polar surface area (TPSA) is 59.8 Å². The van der Waals surface area contributed by atoms with E-state index in [9.17, 15) is 9.18 Å². The third-order valence-electron chi connectivity index (χ3n) is 2.70. The van der Waals surface area contributed by atoms with E-state index in [1.165, 1.54) is 18.2 Å². The number of nitrogens with zero attached hydrogens (tertiary/aromatic N) is 3. The summed E-state index contributed by atoms with van der Waals surface area (Å²) in [5, 5.41) is 6.86. The fourth-order valence-electron chi connectivity index (χ4n) is 1.67.